The van der Waals surface area contributed by atoms with E-state index in [2.05, 4.69) is 26.8 Å². The molecule has 3 heterocycles. The number of hydrogen-bond donors (Lipinski definition) is 0. The van der Waals surface area contributed by atoms with Crippen molar-refractivity contribution in [2.45, 2.75) is 6.18 Å². The van der Waals surface area contributed by atoms with Gasteiger partial charge in [0.2, 0.25) is 0 Å². The standard InChI is InChI=1S/C16H15F3N4/c1-22-4-6-23(7-5-22)15-14-12(9-20-14)11-8-10(16(17,18)19)2-3-13(11)21-15/h2-3,8-9H,4-7H2,1H3. The summed E-state index contributed by atoms with van der Waals surface area (Å²) < 4.78 is 38.7. The Morgan fingerprint density at radius 1 is 1.09 bits per heavy atom. The number of nitrogens with zero attached hydrogens (tertiary/aromatic N) is 4. The lowest BCUT2D eigenvalue weighted by atomic mass is 10.0. The van der Waals surface area contributed by atoms with Crippen LogP contribution in [-0.2, 0) is 6.18 Å². The van der Waals surface area contributed by atoms with Gasteiger partial charge < -0.3 is 9.80 Å². The van der Waals surface area contributed by atoms with Crippen molar-refractivity contribution >= 4 is 28.6 Å². The van der Waals surface area contributed by atoms with E-state index in [1.807, 2.05) is 0 Å². The van der Waals surface area contributed by atoms with Gasteiger partial charge in [0.25, 0.3) is 0 Å². The number of anilines is 1. The predicted molar refractivity (Wildman–Crippen MR) is 83.7 cm³/mol. The van der Waals surface area contributed by atoms with Crippen molar-refractivity contribution in [3.05, 3.63) is 29.3 Å². The molecule has 4 nitrogen and oxygen atoms in total. The van der Waals surface area contributed by atoms with Gasteiger partial charge in [0.1, 0.15) is 5.69 Å². The molecule has 2 aromatic rings. The molecule has 4 rings (SSSR count). The Hall–Kier alpha value is -2.15. The van der Waals surface area contributed by atoms with Crippen molar-refractivity contribution in [2.24, 2.45) is 4.99 Å². The minimum Gasteiger partial charge on any atom is -0.352 e. The molecule has 1 saturated heterocycles. The maximum Gasteiger partial charge on any atom is 0.416 e. The van der Waals surface area contributed by atoms with E-state index in [4.69, 9.17) is 0 Å². The second-order valence-electron chi connectivity index (χ2n) is 5.98. The lowest BCUT2D eigenvalue weighted by molar-refractivity contribution is -0.137. The molecule has 1 aromatic carbocycles. The lowest BCUT2D eigenvalue weighted by Gasteiger charge is -2.35. The fourth-order valence-electron chi connectivity index (χ4n) is 3.00. The molecule has 2 aliphatic heterocycles. The summed E-state index contributed by atoms with van der Waals surface area (Å²) in [4.78, 5) is 13.2. The second-order valence-corrected chi connectivity index (χ2v) is 5.98. The fraction of sp³-hybridized carbons (Fsp3) is 0.375. The molecule has 0 amide bonds. The molecule has 0 radical (unpaired) electrons. The first kappa shape index (κ1) is 14.4. The summed E-state index contributed by atoms with van der Waals surface area (Å²) in [5.74, 6) is 0.780. The van der Waals surface area contributed by atoms with E-state index in [-0.39, 0.29) is 0 Å². The van der Waals surface area contributed by atoms with Gasteiger partial charge >= 0.3 is 6.18 Å². The number of alkyl halides is 3. The number of halogens is 3. The predicted octanol–water partition coefficient (Wildman–Crippen LogP) is 3.07. The van der Waals surface area contributed by atoms with Crippen LogP contribution in [0.4, 0.5) is 24.7 Å². The van der Waals surface area contributed by atoms with Crippen LogP contribution in [0.2, 0.25) is 0 Å². The molecule has 0 bridgehead atoms. The Labute approximate surface area is 131 Å². The van der Waals surface area contributed by atoms with Crippen LogP contribution < -0.4 is 4.90 Å². The Morgan fingerprint density at radius 2 is 1.83 bits per heavy atom. The molecule has 0 N–H and O–H groups in total. The normalized spacial score (nSPS) is 18.2. The van der Waals surface area contributed by atoms with Crippen molar-refractivity contribution in [2.75, 3.05) is 38.1 Å². The Bertz CT molecular complexity index is 805. The van der Waals surface area contributed by atoms with E-state index >= 15 is 0 Å². The van der Waals surface area contributed by atoms with Crippen LogP contribution in [0.25, 0.3) is 10.9 Å². The van der Waals surface area contributed by atoms with Gasteiger partial charge in [-0.25, -0.2) is 4.98 Å². The first-order valence-corrected chi connectivity index (χ1v) is 7.46. The highest BCUT2D eigenvalue weighted by Crippen LogP contribution is 2.41. The van der Waals surface area contributed by atoms with Gasteiger partial charge in [-0.2, -0.15) is 13.2 Å². The number of aromatic nitrogens is 1. The summed E-state index contributed by atoms with van der Waals surface area (Å²) >= 11 is 0. The van der Waals surface area contributed by atoms with Crippen LogP contribution >= 0.6 is 0 Å². The largest absolute Gasteiger partial charge is 0.416 e. The van der Waals surface area contributed by atoms with E-state index in [0.29, 0.717) is 16.6 Å². The third kappa shape index (κ3) is 2.35. The summed E-state index contributed by atoms with van der Waals surface area (Å²) in [6.07, 6.45) is -2.73. The van der Waals surface area contributed by atoms with Gasteiger partial charge in [-0.15, -0.1) is 0 Å². The van der Waals surface area contributed by atoms with Crippen molar-refractivity contribution in [1.82, 2.24) is 9.88 Å². The molecular weight excluding hydrogens is 305 g/mol. The third-order valence-electron chi connectivity index (χ3n) is 4.43. The molecule has 23 heavy (non-hydrogen) atoms. The van der Waals surface area contributed by atoms with Gasteiger partial charge in [0, 0.05) is 43.3 Å². The number of pyridine rings is 1. The maximum absolute atomic E-state index is 12.9. The number of fused-ring (bicyclic) bond motifs is 3. The van der Waals surface area contributed by atoms with E-state index in [0.717, 1.165) is 43.6 Å². The maximum atomic E-state index is 12.9. The summed E-state index contributed by atoms with van der Waals surface area (Å²) in [5, 5.41) is 0.516. The number of aliphatic imine (C=N–C) groups is 1. The average molecular weight is 320 g/mol. The topological polar surface area (TPSA) is 31.7 Å². The number of piperazine rings is 1. The zero-order valence-electron chi connectivity index (χ0n) is 12.6. The average Bonchev–Trinajstić information content (AvgIpc) is 2.46. The van der Waals surface area contributed by atoms with Gasteiger partial charge in [-0.1, -0.05) is 0 Å². The van der Waals surface area contributed by atoms with Crippen LogP contribution in [0.1, 0.15) is 11.1 Å². The molecule has 2 aliphatic rings. The zero-order valence-corrected chi connectivity index (χ0v) is 12.6. The minimum atomic E-state index is -4.35. The minimum absolute atomic E-state index is 0.516. The Kier molecular flexibility index (Phi) is 3.09. The summed E-state index contributed by atoms with van der Waals surface area (Å²) in [6.45, 7) is 3.56. The second kappa shape index (κ2) is 4.92. The first-order chi connectivity index (χ1) is 10.9. The smallest absolute Gasteiger partial charge is 0.352 e. The molecule has 1 fully saturated rings. The van der Waals surface area contributed by atoms with E-state index in [9.17, 15) is 13.2 Å². The number of likely N-dealkylation sites (N-methyl/N-ethyl adjacent to an activating group) is 1. The molecule has 0 saturated carbocycles. The quantitative estimate of drug-likeness (QED) is 0.691. The molecule has 0 atom stereocenters. The SMILES string of the molecule is CN1CCN(c2nc3ccc(C(F)(F)F)cc3c3c2N=C3)CC1. The Balaban J connectivity index is 1.80. The highest BCUT2D eigenvalue weighted by molar-refractivity contribution is 6.12. The van der Waals surface area contributed by atoms with Crippen LogP contribution in [0.15, 0.2) is 23.2 Å². The van der Waals surface area contributed by atoms with E-state index in [1.165, 1.54) is 12.1 Å². The highest BCUT2D eigenvalue weighted by atomic mass is 19.4. The van der Waals surface area contributed by atoms with Gasteiger partial charge in [0.05, 0.1) is 11.1 Å². The third-order valence-corrected chi connectivity index (χ3v) is 4.43. The highest BCUT2D eigenvalue weighted by Gasteiger charge is 2.32. The molecule has 0 spiro atoms. The fourth-order valence-corrected chi connectivity index (χ4v) is 3.00. The lowest BCUT2D eigenvalue weighted by Crippen LogP contribution is -2.45. The monoisotopic (exact) mass is 320 g/mol. The van der Waals surface area contributed by atoms with E-state index < -0.39 is 11.7 Å². The van der Waals surface area contributed by atoms with Crippen molar-refractivity contribution in [1.29, 1.82) is 0 Å². The summed E-state index contributed by atoms with van der Waals surface area (Å²) in [7, 11) is 2.07. The summed E-state index contributed by atoms with van der Waals surface area (Å²) in [5.41, 5.74) is 1.40. The Morgan fingerprint density at radius 3 is 2.43 bits per heavy atom. The van der Waals surface area contributed by atoms with Gasteiger partial charge in [0.15, 0.2) is 5.82 Å². The van der Waals surface area contributed by atoms with Gasteiger partial charge in [-0.05, 0) is 25.2 Å². The summed E-state index contributed by atoms with van der Waals surface area (Å²) in [6, 6.07) is 3.70. The van der Waals surface area contributed by atoms with Crippen molar-refractivity contribution < 1.29 is 13.2 Å². The molecule has 7 heteroatoms. The molecule has 0 aliphatic carbocycles. The van der Waals surface area contributed by atoms with Crippen molar-refractivity contribution in [3.8, 4) is 0 Å². The van der Waals surface area contributed by atoms with Crippen LogP contribution in [0, 0.1) is 0 Å². The molecule has 1 aromatic heterocycles. The molecule has 0 unspecified atom stereocenters. The molecule has 120 valence electrons. The zero-order chi connectivity index (χ0) is 16.2. The number of benzene rings is 1. The van der Waals surface area contributed by atoms with Crippen LogP contribution in [0.3, 0.4) is 0 Å². The van der Waals surface area contributed by atoms with E-state index in [1.54, 1.807) is 6.21 Å². The van der Waals surface area contributed by atoms with Crippen LogP contribution in [0.5, 0.6) is 0 Å². The van der Waals surface area contributed by atoms with Crippen molar-refractivity contribution in [3.63, 3.8) is 0 Å². The number of rotatable bonds is 1. The van der Waals surface area contributed by atoms with Gasteiger partial charge in [-0.3, -0.25) is 4.99 Å². The van der Waals surface area contributed by atoms with Crippen LogP contribution in [-0.4, -0.2) is 49.3 Å². The number of hydrogen-bond acceptors (Lipinski definition) is 4. The first-order valence-electron chi connectivity index (χ1n) is 7.46. The molecular formula is C16H15F3N4.